The van der Waals surface area contributed by atoms with Crippen molar-refractivity contribution >= 4 is 7.60 Å². The SMILES string of the molecule is CC.CP1(=O)OCc2ccccc2O1. The van der Waals surface area contributed by atoms with Crippen LogP contribution in [-0.4, -0.2) is 6.66 Å². The highest BCUT2D eigenvalue weighted by Gasteiger charge is 2.25. The predicted molar refractivity (Wildman–Crippen MR) is 56.7 cm³/mol. The molecule has 1 aromatic carbocycles. The van der Waals surface area contributed by atoms with Crippen LogP contribution in [0.3, 0.4) is 0 Å². The summed E-state index contributed by atoms with van der Waals surface area (Å²) in [6.45, 7) is 5.85. The lowest BCUT2D eigenvalue weighted by Gasteiger charge is -2.22. The second-order valence-corrected chi connectivity index (χ2v) is 4.73. The van der Waals surface area contributed by atoms with Gasteiger partial charge in [0.25, 0.3) is 0 Å². The third-order valence-corrected chi connectivity index (χ3v) is 2.82. The highest BCUT2D eigenvalue weighted by molar-refractivity contribution is 7.53. The Morgan fingerprint density at radius 1 is 1.29 bits per heavy atom. The molecule has 1 aliphatic heterocycles. The van der Waals surface area contributed by atoms with E-state index in [0.717, 1.165) is 5.56 Å². The molecule has 0 bridgehead atoms. The Labute approximate surface area is 84.6 Å². The molecule has 2 rings (SSSR count). The van der Waals surface area contributed by atoms with Gasteiger partial charge in [-0.15, -0.1) is 0 Å². The van der Waals surface area contributed by atoms with Crippen molar-refractivity contribution in [3.8, 4) is 5.75 Å². The zero-order chi connectivity index (χ0) is 10.6. The van der Waals surface area contributed by atoms with E-state index in [9.17, 15) is 4.57 Å². The van der Waals surface area contributed by atoms with Crippen molar-refractivity contribution in [2.45, 2.75) is 20.5 Å². The van der Waals surface area contributed by atoms with Gasteiger partial charge in [-0.3, -0.25) is 4.52 Å². The van der Waals surface area contributed by atoms with Crippen molar-refractivity contribution in [1.82, 2.24) is 0 Å². The molecule has 1 heterocycles. The Bertz CT molecular complexity index is 349. The van der Waals surface area contributed by atoms with Gasteiger partial charge >= 0.3 is 7.60 Å². The van der Waals surface area contributed by atoms with Gasteiger partial charge in [0, 0.05) is 12.2 Å². The van der Waals surface area contributed by atoms with E-state index in [0.29, 0.717) is 12.4 Å². The molecular formula is C10H15O3P. The summed E-state index contributed by atoms with van der Waals surface area (Å²) in [5, 5.41) is 0. The topological polar surface area (TPSA) is 35.5 Å². The minimum absolute atomic E-state index is 0.379. The van der Waals surface area contributed by atoms with Crippen molar-refractivity contribution in [3.05, 3.63) is 29.8 Å². The van der Waals surface area contributed by atoms with E-state index in [-0.39, 0.29) is 0 Å². The van der Waals surface area contributed by atoms with Gasteiger partial charge in [-0.05, 0) is 6.07 Å². The van der Waals surface area contributed by atoms with Crippen LogP contribution in [0, 0.1) is 0 Å². The second-order valence-electron chi connectivity index (χ2n) is 2.74. The van der Waals surface area contributed by atoms with Crippen molar-refractivity contribution in [3.63, 3.8) is 0 Å². The average Bonchev–Trinajstić information content (AvgIpc) is 2.19. The summed E-state index contributed by atoms with van der Waals surface area (Å²) in [6.07, 6.45) is 0. The first-order valence-electron chi connectivity index (χ1n) is 4.67. The molecule has 1 atom stereocenters. The number of rotatable bonds is 0. The molecule has 0 saturated carbocycles. The van der Waals surface area contributed by atoms with E-state index in [1.54, 1.807) is 6.07 Å². The summed E-state index contributed by atoms with van der Waals surface area (Å²) in [4.78, 5) is 0. The van der Waals surface area contributed by atoms with Gasteiger partial charge in [0.15, 0.2) is 0 Å². The summed E-state index contributed by atoms with van der Waals surface area (Å²) in [7, 11) is -2.82. The molecule has 4 heteroatoms. The van der Waals surface area contributed by atoms with Gasteiger partial charge in [0.05, 0.1) is 6.61 Å². The van der Waals surface area contributed by atoms with Crippen molar-refractivity contribution in [2.75, 3.05) is 6.66 Å². The fourth-order valence-electron chi connectivity index (χ4n) is 1.10. The summed E-state index contributed by atoms with van der Waals surface area (Å²) in [5.74, 6) is 0.676. The summed E-state index contributed by atoms with van der Waals surface area (Å²) in [5.41, 5.74) is 0.950. The smallest absolute Gasteiger partial charge is 0.376 e. The molecule has 0 N–H and O–H groups in total. The molecule has 14 heavy (non-hydrogen) atoms. The molecule has 78 valence electrons. The third kappa shape index (κ3) is 2.60. The van der Waals surface area contributed by atoms with Gasteiger partial charge in [0.2, 0.25) is 0 Å². The Hall–Kier alpha value is -0.790. The number of fused-ring (bicyclic) bond motifs is 1. The largest absolute Gasteiger partial charge is 0.424 e. The van der Waals surface area contributed by atoms with Crippen LogP contribution in [0.15, 0.2) is 24.3 Å². The van der Waals surface area contributed by atoms with Crippen LogP contribution in [-0.2, 0) is 15.7 Å². The van der Waals surface area contributed by atoms with Gasteiger partial charge in [-0.25, -0.2) is 4.57 Å². The zero-order valence-corrected chi connectivity index (χ0v) is 9.58. The Balaban J connectivity index is 0.000000461. The molecule has 0 saturated heterocycles. The molecule has 1 unspecified atom stereocenters. The molecule has 1 aliphatic rings. The van der Waals surface area contributed by atoms with E-state index in [2.05, 4.69) is 0 Å². The van der Waals surface area contributed by atoms with Crippen LogP contribution in [0.4, 0.5) is 0 Å². The standard InChI is InChI=1S/C8H9O3P.C2H6/c1-12(9)10-6-7-4-2-3-5-8(7)11-12;1-2/h2-5H,6H2,1H3;1-2H3. The molecular weight excluding hydrogens is 199 g/mol. The van der Waals surface area contributed by atoms with Crippen molar-refractivity contribution in [2.24, 2.45) is 0 Å². The van der Waals surface area contributed by atoms with Gasteiger partial charge in [-0.1, -0.05) is 32.0 Å². The quantitative estimate of drug-likeness (QED) is 0.620. The predicted octanol–water partition coefficient (Wildman–Crippen LogP) is 3.44. The first kappa shape index (κ1) is 11.3. The van der Waals surface area contributed by atoms with E-state index in [1.165, 1.54) is 6.66 Å². The fraction of sp³-hybridized carbons (Fsp3) is 0.400. The van der Waals surface area contributed by atoms with Gasteiger partial charge in [0.1, 0.15) is 5.75 Å². The molecule has 0 amide bonds. The molecule has 0 spiro atoms. The van der Waals surface area contributed by atoms with E-state index in [4.69, 9.17) is 9.05 Å². The number of para-hydroxylation sites is 1. The first-order chi connectivity index (χ1) is 6.67. The first-order valence-corrected chi connectivity index (χ1v) is 6.66. The van der Waals surface area contributed by atoms with E-state index >= 15 is 0 Å². The van der Waals surface area contributed by atoms with Crippen LogP contribution in [0.25, 0.3) is 0 Å². The van der Waals surface area contributed by atoms with Crippen LogP contribution in [0.1, 0.15) is 19.4 Å². The summed E-state index contributed by atoms with van der Waals surface area (Å²) in [6, 6.07) is 7.45. The highest BCUT2D eigenvalue weighted by Crippen LogP contribution is 2.49. The fourth-order valence-corrected chi connectivity index (χ4v) is 2.07. The minimum atomic E-state index is -2.82. The molecule has 3 nitrogen and oxygen atoms in total. The van der Waals surface area contributed by atoms with E-state index in [1.807, 2.05) is 32.0 Å². The number of hydrogen-bond acceptors (Lipinski definition) is 3. The van der Waals surface area contributed by atoms with Crippen molar-refractivity contribution in [1.29, 1.82) is 0 Å². The summed E-state index contributed by atoms with van der Waals surface area (Å²) >= 11 is 0. The van der Waals surface area contributed by atoms with Gasteiger partial charge < -0.3 is 4.52 Å². The number of hydrogen-bond donors (Lipinski definition) is 0. The van der Waals surface area contributed by atoms with Gasteiger partial charge in [-0.2, -0.15) is 0 Å². The lowest BCUT2D eigenvalue weighted by Crippen LogP contribution is -2.05. The second kappa shape index (κ2) is 4.63. The highest BCUT2D eigenvalue weighted by atomic mass is 31.2. The minimum Gasteiger partial charge on any atom is -0.424 e. The van der Waals surface area contributed by atoms with Crippen molar-refractivity contribution < 1.29 is 13.6 Å². The third-order valence-electron chi connectivity index (χ3n) is 1.69. The van der Waals surface area contributed by atoms with Crippen LogP contribution >= 0.6 is 7.60 Å². The lowest BCUT2D eigenvalue weighted by atomic mass is 10.2. The lowest BCUT2D eigenvalue weighted by molar-refractivity contribution is 0.237. The van der Waals surface area contributed by atoms with Crippen LogP contribution in [0.5, 0.6) is 5.75 Å². The summed E-state index contributed by atoms with van der Waals surface area (Å²) < 4.78 is 21.5. The maximum Gasteiger partial charge on any atom is 0.376 e. The molecule has 0 radical (unpaired) electrons. The average molecular weight is 214 g/mol. The molecule has 1 aromatic rings. The maximum atomic E-state index is 11.4. The monoisotopic (exact) mass is 214 g/mol. The normalized spacial score (nSPS) is 23.9. The van der Waals surface area contributed by atoms with Crippen LogP contribution in [0.2, 0.25) is 0 Å². The zero-order valence-electron chi connectivity index (χ0n) is 8.69. The molecule has 0 aliphatic carbocycles. The maximum absolute atomic E-state index is 11.4. The van der Waals surface area contributed by atoms with E-state index < -0.39 is 7.60 Å². The molecule has 0 fully saturated rings. The Morgan fingerprint density at radius 3 is 2.64 bits per heavy atom. The Morgan fingerprint density at radius 2 is 1.93 bits per heavy atom. The van der Waals surface area contributed by atoms with Crippen LogP contribution < -0.4 is 4.52 Å². The molecule has 0 aromatic heterocycles. The Kier molecular flexibility index (Phi) is 3.73. The number of benzene rings is 1.